The van der Waals surface area contributed by atoms with E-state index in [0.717, 1.165) is 65.1 Å². The number of alkyl carbamates (subject to hydrolysis) is 1. The Morgan fingerprint density at radius 1 is 1.16 bits per heavy atom. The van der Waals surface area contributed by atoms with Crippen LogP contribution in [-0.4, -0.2) is 122 Å². The van der Waals surface area contributed by atoms with Gasteiger partial charge < -0.3 is 24.4 Å². The third-order valence-corrected chi connectivity index (χ3v) is 7.01. The molecule has 0 radical (unpaired) electrons. The summed E-state index contributed by atoms with van der Waals surface area (Å²) in [7, 11) is 1.41. The summed E-state index contributed by atoms with van der Waals surface area (Å²) in [5.41, 5.74) is -0.683. The minimum atomic E-state index is -0.690. The summed E-state index contributed by atoms with van der Waals surface area (Å²) in [6.45, 7) is 12.3. The van der Waals surface area contributed by atoms with Gasteiger partial charge in [0.2, 0.25) is 0 Å². The first-order valence-electron chi connectivity index (χ1n) is 13.3. The molecule has 210 valence electrons. The van der Waals surface area contributed by atoms with Gasteiger partial charge in [-0.15, -0.1) is 0 Å². The smallest absolute Gasteiger partial charge is 0.413 e. The van der Waals surface area contributed by atoms with E-state index >= 15 is 0 Å². The lowest BCUT2D eigenvalue weighted by Gasteiger charge is -2.36. The van der Waals surface area contributed by atoms with Gasteiger partial charge in [0.25, 0.3) is 0 Å². The minimum absolute atomic E-state index is 0.0284. The summed E-state index contributed by atoms with van der Waals surface area (Å²) in [4.78, 5) is 42.9. The molecule has 12 heteroatoms. The molecule has 3 saturated heterocycles. The third kappa shape index (κ3) is 9.11. The van der Waals surface area contributed by atoms with E-state index in [0.29, 0.717) is 19.5 Å². The summed E-state index contributed by atoms with van der Waals surface area (Å²) in [5, 5.41) is 14.6. The van der Waals surface area contributed by atoms with Gasteiger partial charge in [0.05, 0.1) is 19.7 Å². The maximum absolute atomic E-state index is 13.0. The number of ether oxygens (including phenoxy) is 3. The van der Waals surface area contributed by atoms with Crippen LogP contribution in [0.2, 0.25) is 0 Å². The fourth-order valence-corrected chi connectivity index (χ4v) is 5.19. The molecule has 3 aliphatic heterocycles. The van der Waals surface area contributed by atoms with Crippen LogP contribution in [0.3, 0.4) is 0 Å². The number of carbonyl (C=O) groups is 3. The summed E-state index contributed by atoms with van der Waals surface area (Å²) >= 11 is 0. The molecule has 3 rings (SSSR count). The molecular weight excluding hydrogens is 480 g/mol. The number of rotatable bonds is 9. The highest BCUT2D eigenvalue weighted by molar-refractivity contribution is 5.98. The second-order valence-corrected chi connectivity index (χ2v) is 11.1. The van der Waals surface area contributed by atoms with Crippen molar-refractivity contribution in [2.45, 2.75) is 64.2 Å². The lowest BCUT2D eigenvalue weighted by Crippen LogP contribution is -2.55. The highest BCUT2D eigenvalue weighted by Crippen LogP contribution is 2.26. The van der Waals surface area contributed by atoms with E-state index < -0.39 is 23.8 Å². The van der Waals surface area contributed by atoms with Gasteiger partial charge in [-0.3, -0.25) is 25.3 Å². The van der Waals surface area contributed by atoms with Gasteiger partial charge in [-0.25, -0.2) is 9.59 Å². The zero-order valence-electron chi connectivity index (χ0n) is 22.7. The number of esters is 1. The number of piperazine rings is 1. The molecule has 2 atom stereocenters. The van der Waals surface area contributed by atoms with Crippen molar-refractivity contribution in [2.75, 3.05) is 66.0 Å². The maximum atomic E-state index is 13.0. The van der Waals surface area contributed by atoms with E-state index in [1.54, 1.807) is 25.7 Å². The van der Waals surface area contributed by atoms with Crippen LogP contribution in [0.25, 0.3) is 0 Å². The van der Waals surface area contributed by atoms with Gasteiger partial charge >= 0.3 is 18.2 Å². The van der Waals surface area contributed by atoms with Crippen molar-refractivity contribution >= 4 is 24.0 Å². The monoisotopic (exact) mass is 524 g/mol. The van der Waals surface area contributed by atoms with Crippen LogP contribution in [-0.2, 0) is 19.0 Å². The van der Waals surface area contributed by atoms with Crippen molar-refractivity contribution in [3.63, 3.8) is 0 Å². The Balaban J connectivity index is 1.53. The van der Waals surface area contributed by atoms with Gasteiger partial charge in [0, 0.05) is 39.1 Å². The lowest BCUT2D eigenvalue weighted by atomic mass is 9.88. The molecule has 3 N–H and O–H groups in total. The van der Waals surface area contributed by atoms with Crippen LogP contribution in [0.5, 0.6) is 0 Å². The predicted octanol–water partition coefficient (Wildman–Crippen LogP) is 1.25. The van der Waals surface area contributed by atoms with E-state index in [2.05, 4.69) is 20.4 Å². The number of methoxy groups -OCH3 is 1. The van der Waals surface area contributed by atoms with Crippen molar-refractivity contribution in [1.82, 2.24) is 25.3 Å². The van der Waals surface area contributed by atoms with Gasteiger partial charge in [0.1, 0.15) is 17.5 Å². The number of nitrogens with one attached hydrogen (secondary N) is 3. The molecule has 3 fully saturated rings. The molecule has 0 bridgehead atoms. The van der Waals surface area contributed by atoms with E-state index in [-0.39, 0.29) is 23.8 Å². The molecule has 3 heterocycles. The molecule has 0 aromatic heterocycles. The number of amidine groups is 1. The van der Waals surface area contributed by atoms with Gasteiger partial charge in [-0.2, -0.15) is 0 Å². The number of hydrogen-bond acceptors (Lipinski definition) is 10. The molecule has 0 aromatic carbocycles. The summed E-state index contributed by atoms with van der Waals surface area (Å²) in [6.07, 6.45) is 1.39. The number of piperidine rings is 1. The van der Waals surface area contributed by atoms with E-state index in [4.69, 9.17) is 19.6 Å². The van der Waals surface area contributed by atoms with Crippen molar-refractivity contribution in [3.05, 3.63) is 0 Å². The summed E-state index contributed by atoms with van der Waals surface area (Å²) < 4.78 is 15.8. The second-order valence-electron chi connectivity index (χ2n) is 11.1. The standard InChI is InChI=1S/C25H44N6O6/c1-25(2,3)37-23(33)28-22(26)21(18-7-9-27-10-8-18)31-17-19(36-24(31)34)16-30-14-12-29(13-15-30)11-5-6-20(32)35-4/h18-19,21,27H,5-17H2,1-4H3,(H2,26,28,33). The van der Waals surface area contributed by atoms with Crippen LogP contribution in [0.15, 0.2) is 0 Å². The average molecular weight is 525 g/mol. The highest BCUT2D eigenvalue weighted by atomic mass is 16.6. The topological polar surface area (TPSA) is 137 Å². The predicted molar refractivity (Wildman–Crippen MR) is 138 cm³/mol. The van der Waals surface area contributed by atoms with Crippen LogP contribution in [0, 0.1) is 11.3 Å². The molecule has 12 nitrogen and oxygen atoms in total. The Kier molecular flexibility index (Phi) is 10.5. The summed E-state index contributed by atoms with van der Waals surface area (Å²) in [5.74, 6) is -0.161. The third-order valence-electron chi connectivity index (χ3n) is 7.01. The first-order chi connectivity index (χ1) is 17.6. The van der Waals surface area contributed by atoms with Crippen LogP contribution in [0.1, 0.15) is 46.5 Å². The lowest BCUT2D eigenvalue weighted by molar-refractivity contribution is -0.140. The van der Waals surface area contributed by atoms with Crippen molar-refractivity contribution in [1.29, 1.82) is 5.41 Å². The summed E-state index contributed by atoms with van der Waals surface area (Å²) in [6, 6.07) is -0.571. The molecule has 3 aliphatic rings. The second kappa shape index (κ2) is 13.4. The molecule has 0 aliphatic carbocycles. The number of carbonyl (C=O) groups excluding carboxylic acids is 3. The Bertz CT molecular complexity index is 804. The van der Waals surface area contributed by atoms with Crippen LogP contribution < -0.4 is 10.6 Å². The molecular formula is C25H44N6O6. The van der Waals surface area contributed by atoms with Crippen molar-refractivity contribution in [3.8, 4) is 0 Å². The number of cyclic esters (lactones) is 1. The molecule has 0 aromatic rings. The van der Waals surface area contributed by atoms with Gasteiger partial charge in [0.15, 0.2) is 0 Å². The quantitative estimate of drug-likeness (QED) is 0.176. The van der Waals surface area contributed by atoms with Crippen LogP contribution >= 0.6 is 0 Å². The van der Waals surface area contributed by atoms with Crippen molar-refractivity contribution in [2.24, 2.45) is 5.92 Å². The minimum Gasteiger partial charge on any atom is -0.469 e. The van der Waals surface area contributed by atoms with Gasteiger partial charge in [-0.1, -0.05) is 0 Å². The molecule has 37 heavy (non-hydrogen) atoms. The molecule has 0 saturated carbocycles. The SMILES string of the molecule is COC(=O)CCCN1CCN(CC2CN(C(C(=N)NC(=O)OC(C)(C)C)C3CCNCC3)C(=O)O2)CC1. The molecule has 2 unspecified atom stereocenters. The molecule has 0 spiro atoms. The molecule has 2 amide bonds. The fourth-order valence-electron chi connectivity index (χ4n) is 5.19. The van der Waals surface area contributed by atoms with E-state index in [9.17, 15) is 14.4 Å². The number of hydrogen-bond donors (Lipinski definition) is 3. The fraction of sp³-hybridized carbons (Fsp3) is 0.840. The Morgan fingerprint density at radius 3 is 2.43 bits per heavy atom. The van der Waals surface area contributed by atoms with E-state index in [1.165, 1.54) is 7.11 Å². The Labute approximate surface area is 219 Å². The zero-order valence-corrected chi connectivity index (χ0v) is 22.7. The number of amides is 2. The van der Waals surface area contributed by atoms with E-state index in [1.807, 2.05) is 0 Å². The zero-order chi connectivity index (χ0) is 27.0. The Hall–Kier alpha value is -2.44. The van der Waals surface area contributed by atoms with Gasteiger partial charge in [-0.05, 0) is 65.6 Å². The number of nitrogens with zero attached hydrogens (tertiary/aromatic N) is 3. The normalized spacial score (nSPS) is 22.9. The first kappa shape index (κ1) is 29.1. The average Bonchev–Trinajstić information content (AvgIpc) is 3.18. The largest absolute Gasteiger partial charge is 0.469 e. The first-order valence-corrected chi connectivity index (χ1v) is 13.3. The Morgan fingerprint density at radius 2 is 1.81 bits per heavy atom. The highest BCUT2D eigenvalue weighted by Gasteiger charge is 2.43. The van der Waals surface area contributed by atoms with Crippen molar-refractivity contribution < 1.29 is 28.6 Å². The van der Waals surface area contributed by atoms with Crippen LogP contribution in [0.4, 0.5) is 9.59 Å². The maximum Gasteiger partial charge on any atom is 0.413 e.